The molecule has 2 aromatic heterocycles. The zero-order valence-electron chi connectivity index (χ0n) is 18.9. The van der Waals surface area contributed by atoms with E-state index in [9.17, 15) is 4.79 Å². The van der Waals surface area contributed by atoms with Gasteiger partial charge in [0.2, 0.25) is 0 Å². The molecule has 0 atom stereocenters. The van der Waals surface area contributed by atoms with Gasteiger partial charge in [-0.2, -0.15) is 0 Å². The average molecular weight is 482 g/mol. The molecule has 4 rings (SSSR count). The quantitative estimate of drug-likeness (QED) is 0.472. The number of pyridine rings is 1. The van der Waals surface area contributed by atoms with Crippen molar-refractivity contribution >= 4 is 53.4 Å². The van der Waals surface area contributed by atoms with E-state index >= 15 is 0 Å². The lowest BCUT2D eigenvalue weighted by molar-refractivity contribution is -0.126. The average Bonchev–Trinajstić information content (AvgIpc) is 3.12. The molecule has 1 aromatic carbocycles. The molecule has 31 heavy (non-hydrogen) atoms. The Morgan fingerprint density at radius 1 is 1.06 bits per heavy atom. The number of aromatic amines is 1. The van der Waals surface area contributed by atoms with Gasteiger partial charge in [-0.1, -0.05) is 11.8 Å². The van der Waals surface area contributed by atoms with Gasteiger partial charge in [0.25, 0.3) is 0 Å². The number of fused-ring (bicyclic) bond motifs is 2. The molecule has 8 heteroatoms. The number of Topliss-reactive ketones (excluding diaryl/α,β-unsaturated/α-hetero) is 1. The number of halogens is 2. The second kappa shape index (κ2) is 8.64. The van der Waals surface area contributed by atoms with Gasteiger partial charge < -0.3 is 9.72 Å². The van der Waals surface area contributed by atoms with Crippen LogP contribution >= 0.6 is 36.6 Å². The number of rotatable bonds is 4. The summed E-state index contributed by atoms with van der Waals surface area (Å²) < 4.78 is 5.51. The molecule has 1 aliphatic carbocycles. The highest BCUT2D eigenvalue weighted by atomic mass is 35.5. The minimum Gasteiger partial charge on any atom is -0.496 e. The van der Waals surface area contributed by atoms with E-state index in [0.717, 1.165) is 49.9 Å². The SMILES string of the molecule is COc1c(C)cnc(CSc2nc3cc4c(cc3[nH]2)C(C)(C)C(=O)C4(C)C)c1C.Cl.Cl. The van der Waals surface area contributed by atoms with Crippen LogP contribution in [0, 0.1) is 13.8 Å². The summed E-state index contributed by atoms with van der Waals surface area (Å²) in [5.41, 5.74) is 6.18. The first-order valence-electron chi connectivity index (χ1n) is 9.79. The predicted molar refractivity (Wildman–Crippen MR) is 131 cm³/mol. The van der Waals surface area contributed by atoms with Crippen molar-refractivity contribution in [3.8, 4) is 5.75 Å². The van der Waals surface area contributed by atoms with Crippen LogP contribution in [0.1, 0.15) is 55.6 Å². The standard InChI is InChI=1S/C23H27N3O2S.2ClH/c1-12-10-24-18(13(2)19(12)28-7)11-29-21-25-16-8-14-15(9-17(16)26-21)23(5,6)20(27)22(14,3)4;;/h8-10H,11H2,1-7H3,(H,25,26);2*1H. The van der Waals surface area contributed by atoms with Crippen molar-refractivity contribution < 1.29 is 9.53 Å². The molecule has 0 radical (unpaired) electrons. The third kappa shape index (κ3) is 3.94. The van der Waals surface area contributed by atoms with Gasteiger partial charge in [0, 0.05) is 33.9 Å². The first-order valence-corrected chi connectivity index (χ1v) is 10.8. The Balaban J connectivity index is 0.00000171. The van der Waals surface area contributed by atoms with E-state index in [1.807, 2.05) is 47.7 Å². The zero-order valence-corrected chi connectivity index (χ0v) is 21.3. The minimum atomic E-state index is -0.487. The molecule has 2 heterocycles. The minimum absolute atomic E-state index is 0. The second-order valence-corrected chi connectivity index (χ2v) is 9.83. The van der Waals surface area contributed by atoms with Crippen LogP contribution in [0.2, 0.25) is 0 Å². The van der Waals surface area contributed by atoms with Crippen molar-refractivity contribution in [3.63, 3.8) is 0 Å². The van der Waals surface area contributed by atoms with Crippen LogP contribution in [0.3, 0.4) is 0 Å². The highest BCUT2D eigenvalue weighted by molar-refractivity contribution is 7.98. The summed E-state index contributed by atoms with van der Waals surface area (Å²) in [5.74, 6) is 1.86. The number of imidazole rings is 1. The lowest BCUT2D eigenvalue weighted by Crippen LogP contribution is -2.33. The first-order chi connectivity index (χ1) is 13.6. The number of hydrogen-bond donors (Lipinski definition) is 1. The van der Waals surface area contributed by atoms with Crippen molar-refractivity contribution in [3.05, 3.63) is 46.3 Å². The fraction of sp³-hybridized carbons (Fsp3) is 0.435. The highest BCUT2D eigenvalue weighted by Gasteiger charge is 2.50. The maximum absolute atomic E-state index is 12.9. The van der Waals surface area contributed by atoms with E-state index < -0.39 is 10.8 Å². The molecular formula is C23H29Cl2N3O2S. The van der Waals surface area contributed by atoms with Gasteiger partial charge >= 0.3 is 0 Å². The normalized spacial score (nSPS) is 15.9. The summed E-state index contributed by atoms with van der Waals surface area (Å²) in [4.78, 5) is 25.6. The van der Waals surface area contributed by atoms with E-state index in [1.165, 1.54) is 0 Å². The van der Waals surface area contributed by atoms with Crippen molar-refractivity contribution in [1.29, 1.82) is 0 Å². The van der Waals surface area contributed by atoms with Crippen LogP contribution < -0.4 is 4.74 Å². The number of ketones is 1. The molecule has 0 aliphatic heterocycles. The Morgan fingerprint density at radius 2 is 1.68 bits per heavy atom. The molecule has 0 bridgehead atoms. The van der Waals surface area contributed by atoms with Crippen LogP contribution in [-0.2, 0) is 21.4 Å². The van der Waals surface area contributed by atoms with E-state index in [0.29, 0.717) is 5.75 Å². The molecule has 0 fully saturated rings. The first kappa shape index (κ1) is 25.5. The molecule has 168 valence electrons. The number of benzene rings is 1. The van der Waals surface area contributed by atoms with Gasteiger partial charge in [-0.25, -0.2) is 4.98 Å². The Kier molecular flexibility index (Phi) is 7.11. The summed E-state index contributed by atoms with van der Waals surface area (Å²) in [7, 11) is 1.69. The molecule has 0 unspecified atom stereocenters. The number of aryl methyl sites for hydroxylation is 1. The van der Waals surface area contributed by atoms with Gasteiger partial charge in [-0.15, -0.1) is 24.8 Å². The van der Waals surface area contributed by atoms with Crippen LogP contribution in [0.4, 0.5) is 0 Å². The van der Waals surface area contributed by atoms with Gasteiger partial charge in [0.1, 0.15) is 5.75 Å². The van der Waals surface area contributed by atoms with Gasteiger partial charge in [0.15, 0.2) is 10.9 Å². The molecular weight excluding hydrogens is 453 g/mol. The Labute approximate surface area is 200 Å². The van der Waals surface area contributed by atoms with Gasteiger partial charge in [-0.05, 0) is 64.8 Å². The van der Waals surface area contributed by atoms with E-state index in [2.05, 4.69) is 22.1 Å². The number of thioether (sulfide) groups is 1. The number of ether oxygens (including phenoxy) is 1. The maximum Gasteiger partial charge on any atom is 0.166 e. The summed E-state index contributed by atoms with van der Waals surface area (Å²) in [5, 5.41) is 0.853. The van der Waals surface area contributed by atoms with Crippen molar-refractivity contribution in [2.75, 3.05) is 7.11 Å². The monoisotopic (exact) mass is 481 g/mol. The number of H-pyrrole nitrogens is 1. The van der Waals surface area contributed by atoms with Crippen LogP contribution in [0.5, 0.6) is 5.75 Å². The number of hydrogen-bond acceptors (Lipinski definition) is 5. The summed E-state index contributed by atoms with van der Waals surface area (Å²) in [6.45, 7) is 12.1. The van der Waals surface area contributed by atoms with Crippen molar-refractivity contribution in [1.82, 2.24) is 15.0 Å². The third-order valence-electron chi connectivity index (χ3n) is 6.18. The Bertz CT molecular complexity index is 1100. The molecule has 0 saturated carbocycles. The predicted octanol–water partition coefficient (Wildman–Crippen LogP) is 5.86. The van der Waals surface area contributed by atoms with Crippen LogP contribution in [-0.4, -0.2) is 27.8 Å². The molecule has 1 N–H and O–H groups in total. The lowest BCUT2D eigenvalue weighted by atomic mass is 9.80. The largest absolute Gasteiger partial charge is 0.496 e. The van der Waals surface area contributed by atoms with E-state index in [-0.39, 0.29) is 30.6 Å². The molecule has 3 aromatic rings. The lowest BCUT2D eigenvalue weighted by Gasteiger charge is -2.21. The van der Waals surface area contributed by atoms with Crippen molar-refractivity contribution in [2.24, 2.45) is 0 Å². The van der Waals surface area contributed by atoms with Crippen LogP contribution in [0.25, 0.3) is 11.0 Å². The number of carbonyl (C=O) groups is 1. The molecule has 0 saturated heterocycles. The van der Waals surface area contributed by atoms with Gasteiger partial charge in [0.05, 0.1) is 23.8 Å². The second-order valence-electron chi connectivity index (χ2n) is 8.87. The fourth-order valence-corrected chi connectivity index (χ4v) is 5.42. The third-order valence-corrected chi connectivity index (χ3v) is 7.06. The summed E-state index contributed by atoms with van der Waals surface area (Å²) in [6, 6.07) is 4.18. The highest BCUT2D eigenvalue weighted by Crippen LogP contribution is 2.47. The fourth-order valence-electron chi connectivity index (χ4n) is 4.52. The van der Waals surface area contributed by atoms with E-state index in [4.69, 9.17) is 9.72 Å². The molecule has 0 amide bonds. The number of carbonyl (C=O) groups excluding carboxylic acids is 1. The topological polar surface area (TPSA) is 67.9 Å². The van der Waals surface area contributed by atoms with Gasteiger partial charge in [-0.3, -0.25) is 9.78 Å². The Morgan fingerprint density at radius 3 is 2.29 bits per heavy atom. The molecule has 5 nitrogen and oxygen atoms in total. The summed E-state index contributed by atoms with van der Waals surface area (Å²) >= 11 is 1.62. The van der Waals surface area contributed by atoms with Crippen molar-refractivity contribution in [2.45, 2.75) is 63.3 Å². The molecule has 1 aliphatic rings. The Hall–Kier alpha value is -1.76. The summed E-state index contributed by atoms with van der Waals surface area (Å²) in [6.07, 6.45) is 1.85. The number of aromatic nitrogens is 3. The maximum atomic E-state index is 12.9. The van der Waals surface area contributed by atoms with E-state index in [1.54, 1.807) is 18.9 Å². The molecule has 0 spiro atoms. The number of nitrogens with zero attached hydrogens (tertiary/aromatic N) is 2. The zero-order chi connectivity index (χ0) is 21.1. The van der Waals surface area contributed by atoms with Crippen LogP contribution in [0.15, 0.2) is 23.5 Å². The smallest absolute Gasteiger partial charge is 0.166 e. The number of methoxy groups -OCH3 is 1. The number of nitrogens with one attached hydrogen (secondary N) is 1.